The van der Waals surface area contributed by atoms with Gasteiger partial charge in [-0.15, -0.1) is 0 Å². The first-order valence-electron chi connectivity index (χ1n) is 16.1. The van der Waals surface area contributed by atoms with Crippen LogP contribution in [0.15, 0.2) is 23.5 Å². The van der Waals surface area contributed by atoms with Crippen LogP contribution < -0.4 is 0 Å². The van der Waals surface area contributed by atoms with E-state index in [1.165, 1.54) is 5.57 Å². The lowest BCUT2D eigenvalue weighted by molar-refractivity contribution is -0.870. The quantitative estimate of drug-likeness (QED) is 0.290. The van der Waals surface area contributed by atoms with Gasteiger partial charge in [0.05, 0.1) is 46.8 Å². The minimum absolute atomic E-state index is 0.0455. The first-order valence-corrected chi connectivity index (χ1v) is 16.1. The molecule has 3 heterocycles. The van der Waals surface area contributed by atoms with Gasteiger partial charge in [0.25, 0.3) is 0 Å². The number of ether oxygens (including phenoxy) is 1. The highest BCUT2D eigenvalue weighted by atomic mass is 16.5. The van der Waals surface area contributed by atoms with Crippen molar-refractivity contribution in [1.29, 1.82) is 0 Å². The first kappa shape index (κ1) is 32.0. The SMILES string of the molecule is CCCCN(CCC[N+](C)(C)C)C(=O)CN1C[C@H]([C@H]2C=C3CCOC3=CC2)[C@@H](C(=O)O)[C@@H]1CCCN1CCCC1O. The molecule has 1 aliphatic carbocycles. The predicted octanol–water partition coefficient (Wildman–Crippen LogP) is 3.16. The molecule has 0 saturated carbocycles. The molecule has 5 atom stereocenters. The number of carboxylic acid groups (broad SMARTS) is 1. The Labute approximate surface area is 247 Å². The molecule has 2 N–H and O–H groups in total. The number of hydrogen-bond donors (Lipinski definition) is 2. The molecular formula is C32H55N4O5+. The van der Waals surface area contributed by atoms with E-state index in [1.807, 2.05) is 4.90 Å². The van der Waals surface area contributed by atoms with E-state index in [-0.39, 0.29) is 36.6 Å². The van der Waals surface area contributed by atoms with Gasteiger partial charge < -0.3 is 24.3 Å². The number of amides is 1. The molecule has 3 fully saturated rings. The molecule has 3 aliphatic heterocycles. The number of likely N-dealkylation sites (tertiary alicyclic amines) is 2. The summed E-state index contributed by atoms with van der Waals surface area (Å²) < 4.78 is 6.62. The van der Waals surface area contributed by atoms with Gasteiger partial charge in [0.1, 0.15) is 12.0 Å². The Morgan fingerprint density at radius 3 is 2.61 bits per heavy atom. The number of carboxylic acids is 1. The molecule has 0 radical (unpaired) electrons. The van der Waals surface area contributed by atoms with Gasteiger partial charge in [0.2, 0.25) is 5.91 Å². The summed E-state index contributed by atoms with van der Waals surface area (Å²) >= 11 is 0. The molecule has 4 aliphatic rings. The summed E-state index contributed by atoms with van der Waals surface area (Å²) in [5.74, 6) is -0.0843. The van der Waals surface area contributed by atoms with E-state index in [2.05, 4.69) is 50.0 Å². The summed E-state index contributed by atoms with van der Waals surface area (Å²) in [6.45, 7) is 7.91. The number of allylic oxidation sites excluding steroid dienone is 3. The van der Waals surface area contributed by atoms with Crippen LogP contribution in [0.3, 0.4) is 0 Å². The van der Waals surface area contributed by atoms with Gasteiger partial charge in [-0.05, 0) is 62.0 Å². The summed E-state index contributed by atoms with van der Waals surface area (Å²) in [6.07, 6.45) is 12.0. The Kier molecular flexibility index (Phi) is 11.3. The number of fused-ring (bicyclic) bond motifs is 1. The van der Waals surface area contributed by atoms with E-state index in [9.17, 15) is 19.8 Å². The lowest BCUT2D eigenvalue weighted by Gasteiger charge is -2.31. The van der Waals surface area contributed by atoms with Gasteiger partial charge in [-0.1, -0.05) is 19.4 Å². The number of aliphatic hydroxyl groups is 1. The number of quaternary nitrogens is 1. The summed E-state index contributed by atoms with van der Waals surface area (Å²) in [7, 11) is 6.53. The van der Waals surface area contributed by atoms with Crippen LogP contribution in [0.4, 0.5) is 0 Å². The Balaban J connectivity index is 1.49. The van der Waals surface area contributed by atoms with E-state index in [4.69, 9.17) is 4.74 Å². The lowest BCUT2D eigenvalue weighted by Crippen LogP contribution is -2.45. The number of unbranched alkanes of at least 4 members (excludes halogenated alkanes) is 1. The van der Waals surface area contributed by atoms with Crippen molar-refractivity contribution in [3.05, 3.63) is 23.5 Å². The normalized spacial score (nSPS) is 28.8. The van der Waals surface area contributed by atoms with Gasteiger partial charge in [-0.3, -0.25) is 19.4 Å². The summed E-state index contributed by atoms with van der Waals surface area (Å²) in [5, 5.41) is 20.8. The van der Waals surface area contributed by atoms with Crippen molar-refractivity contribution in [2.75, 3.05) is 73.6 Å². The maximum atomic E-state index is 13.8. The van der Waals surface area contributed by atoms with E-state index in [0.29, 0.717) is 19.6 Å². The van der Waals surface area contributed by atoms with Crippen LogP contribution in [0.5, 0.6) is 0 Å². The van der Waals surface area contributed by atoms with Crippen LogP contribution in [-0.2, 0) is 14.3 Å². The Morgan fingerprint density at radius 1 is 1.15 bits per heavy atom. The molecule has 0 aromatic carbocycles. The van der Waals surface area contributed by atoms with Gasteiger partial charge in [0, 0.05) is 51.6 Å². The number of aliphatic carboxylic acids is 1. The molecular weight excluding hydrogens is 520 g/mol. The minimum Gasteiger partial charge on any atom is -0.493 e. The van der Waals surface area contributed by atoms with E-state index >= 15 is 0 Å². The Morgan fingerprint density at radius 2 is 1.93 bits per heavy atom. The van der Waals surface area contributed by atoms with Crippen molar-refractivity contribution in [3.8, 4) is 0 Å². The first-order chi connectivity index (χ1) is 19.6. The molecule has 9 heteroatoms. The molecule has 1 amide bonds. The highest BCUT2D eigenvalue weighted by Gasteiger charge is 2.49. The van der Waals surface area contributed by atoms with Crippen LogP contribution in [0.1, 0.15) is 64.7 Å². The average molecular weight is 576 g/mol. The maximum Gasteiger partial charge on any atom is 0.308 e. The number of carbonyl (C=O) groups excluding carboxylic acids is 1. The molecule has 0 spiro atoms. The molecule has 0 aromatic heterocycles. The standard InChI is InChI=1S/C32H54N4O5/c1-5-6-15-34(18-9-19-36(2,3)4)30(38)23-35-22-26(24-12-13-28-25(21-24)14-20-41-28)31(32(39)40)27(35)10-7-16-33-17-8-11-29(33)37/h13,21,24,26-27,29,31,37H,5-12,14-20,22-23H2,1-4H3/p+1/t24-,26-,27+,29?,31-/m1/s1. The van der Waals surface area contributed by atoms with E-state index in [0.717, 1.165) is 94.3 Å². The van der Waals surface area contributed by atoms with Crippen molar-refractivity contribution < 1.29 is 29.0 Å². The minimum atomic E-state index is -0.752. The van der Waals surface area contributed by atoms with Crippen LogP contribution >= 0.6 is 0 Å². The van der Waals surface area contributed by atoms with E-state index in [1.54, 1.807) is 0 Å². The van der Waals surface area contributed by atoms with Gasteiger partial charge in [-0.25, -0.2) is 0 Å². The zero-order valence-electron chi connectivity index (χ0n) is 26.0. The predicted molar refractivity (Wildman–Crippen MR) is 160 cm³/mol. The monoisotopic (exact) mass is 575 g/mol. The van der Waals surface area contributed by atoms with Crippen molar-refractivity contribution in [2.45, 2.75) is 77.0 Å². The van der Waals surface area contributed by atoms with Crippen LogP contribution in [-0.4, -0.2) is 127 Å². The molecule has 3 saturated heterocycles. The molecule has 41 heavy (non-hydrogen) atoms. The van der Waals surface area contributed by atoms with Crippen molar-refractivity contribution in [2.24, 2.45) is 17.8 Å². The van der Waals surface area contributed by atoms with Crippen LogP contribution in [0.25, 0.3) is 0 Å². The highest BCUT2D eigenvalue weighted by molar-refractivity contribution is 5.79. The van der Waals surface area contributed by atoms with Crippen LogP contribution in [0.2, 0.25) is 0 Å². The maximum absolute atomic E-state index is 13.8. The molecule has 0 bridgehead atoms. The third-order valence-corrected chi connectivity index (χ3v) is 9.57. The fourth-order valence-electron chi connectivity index (χ4n) is 7.33. The van der Waals surface area contributed by atoms with Crippen molar-refractivity contribution in [1.82, 2.24) is 14.7 Å². The molecule has 9 nitrogen and oxygen atoms in total. The van der Waals surface area contributed by atoms with E-state index < -0.39 is 11.9 Å². The lowest BCUT2D eigenvalue weighted by atomic mass is 9.76. The van der Waals surface area contributed by atoms with Crippen molar-refractivity contribution >= 4 is 11.9 Å². The molecule has 232 valence electrons. The second-order valence-corrected chi connectivity index (χ2v) is 13.7. The average Bonchev–Trinajstić information content (AvgIpc) is 3.64. The number of aliphatic hydroxyl groups excluding tert-OH is 1. The van der Waals surface area contributed by atoms with Crippen LogP contribution in [0, 0.1) is 17.8 Å². The third-order valence-electron chi connectivity index (χ3n) is 9.57. The second kappa shape index (κ2) is 14.5. The molecule has 0 aromatic rings. The smallest absolute Gasteiger partial charge is 0.308 e. The highest BCUT2D eigenvalue weighted by Crippen LogP contribution is 2.43. The topological polar surface area (TPSA) is 93.5 Å². The number of hydrogen-bond acceptors (Lipinski definition) is 6. The fourth-order valence-corrected chi connectivity index (χ4v) is 7.33. The summed E-state index contributed by atoms with van der Waals surface area (Å²) in [4.78, 5) is 33.0. The number of rotatable bonds is 15. The zero-order chi connectivity index (χ0) is 29.6. The van der Waals surface area contributed by atoms with Gasteiger partial charge in [0.15, 0.2) is 0 Å². The summed E-state index contributed by atoms with van der Waals surface area (Å²) in [5.41, 5.74) is 1.21. The Bertz CT molecular complexity index is 960. The van der Waals surface area contributed by atoms with Gasteiger partial charge >= 0.3 is 5.97 Å². The van der Waals surface area contributed by atoms with Crippen molar-refractivity contribution in [3.63, 3.8) is 0 Å². The summed E-state index contributed by atoms with van der Waals surface area (Å²) in [6, 6.07) is -0.191. The van der Waals surface area contributed by atoms with Gasteiger partial charge in [-0.2, -0.15) is 0 Å². The zero-order valence-corrected chi connectivity index (χ0v) is 26.0. The number of nitrogens with zero attached hydrogens (tertiary/aromatic N) is 4. The number of carbonyl (C=O) groups is 2. The second-order valence-electron chi connectivity index (χ2n) is 13.7. The third kappa shape index (κ3) is 8.55. The molecule has 1 unspecified atom stereocenters. The fraction of sp³-hybridized carbons (Fsp3) is 0.812. The largest absolute Gasteiger partial charge is 0.493 e. The molecule has 4 rings (SSSR count). The Hall–Kier alpha value is -1.94.